The van der Waals surface area contributed by atoms with Crippen LogP contribution in [0.2, 0.25) is 0 Å². The molecular weight excluding hydrogens is 186 g/mol. The number of rotatable bonds is 2. The van der Waals surface area contributed by atoms with E-state index in [0.717, 1.165) is 16.8 Å². The summed E-state index contributed by atoms with van der Waals surface area (Å²) in [6.45, 7) is 0. The fourth-order valence-electron chi connectivity index (χ4n) is 1.36. The van der Waals surface area contributed by atoms with Crippen LogP contribution in [0.15, 0.2) is 53.8 Å². The zero-order valence-corrected chi connectivity index (χ0v) is 8.17. The molecule has 2 N–H and O–H groups in total. The largest absolute Gasteiger partial charge is 0.323 e. The number of hydrazone groups is 1. The van der Waals surface area contributed by atoms with Crippen molar-refractivity contribution >= 4 is 6.21 Å². The normalized spacial score (nSPS) is 10.7. The van der Waals surface area contributed by atoms with Crippen molar-refractivity contribution in [2.45, 2.75) is 0 Å². The van der Waals surface area contributed by atoms with Gasteiger partial charge in [-0.05, 0) is 17.7 Å². The highest BCUT2D eigenvalue weighted by atomic mass is 15.1. The van der Waals surface area contributed by atoms with Crippen LogP contribution in [0.25, 0.3) is 11.3 Å². The van der Waals surface area contributed by atoms with Gasteiger partial charge in [0.2, 0.25) is 0 Å². The van der Waals surface area contributed by atoms with Crippen LogP contribution in [0.5, 0.6) is 0 Å². The quantitative estimate of drug-likeness (QED) is 0.455. The minimum atomic E-state index is 0.966. The Morgan fingerprint density at radius 1 is 1.07 bits per heavy atom. The van der Waals surface area contributed by atoms with Gasteiger partial charge in [-0.1, -0.05) is 30.3 Å². The standard InChI is InChI=1S/C12H11N3/c13-15-9-10-4-6-11(7-5-10)12-3-1-2-8-14-12/h1-9H,13H2/b15-9-. The lowest BCUT2D eigenvalue weighted by Crippen LogP contribution is -1.87. The zero-order valence-electron chi connectivity index (χ0n) is 8.17. The number of nitrogens with two attached hydrogens (primary N) is 1. The topological polar surface area (TPSA) is 51.3 Å². The van der Waals surface area contributed by atoms with Gasteiger partial charge < -0.3 is 5.84 Å². The van der Waals surface area contributed by atoms with Gasteiger partial charge in [-0.3, -0.25) is 4.98 Å². The molecule has 2 aromatic rings. The highest BCUT2D eigenvalue weighted by molar-refractivity contribution is 5.80. The van der Waals surface area contributed by atoms with Crippen molar-refractivity contribution in [1.82, 2.24) is 4.98 Å². The Morgan fingerprint density at radius 2 is 1.87 bits per heavy atom. The van der Waals surface area contributed by atoms with Crippen LogP contribution in [0.1, 0.15) is 5.56 Å². The predicted octanol–water partition coefficient (Wildman–Crippen LogP) is 2.04. The summed E-state index contributed by atoms with van der Waals surface area (Å²) in [5.41, 5.74) is 3.04. The zero-order chi connectivity index (χ0) is 10.5. The molecule has 1 aromatic heterocycles. The van der Waals surface area contributed by atoms with Crippen LogP contribution >= 0.6 is 0 Å². The molecule has 0 spiro atoms. The summed E-state index contributed by atoms with van der Waals surface area (Å²) in [6, 6.07) is 13.8. The Morgan fingerprint density at radius 3 is 2.47 bits per heavy atom. The van der Waals surface area contributed by atoms with Gasteiger partial charge in [-0.15, -0.1) is 0 Å². The van der Waals surface area contributed by atoms with Gasteiger partial charge >= 0.3 is 0 Å². The molecule has 0 fully saturated rings. The molecule has 0 amide bonds. The van der Waals surface area contributed by atoms with E-state index in [2.05, 4.69) is 10.1 Å². The van der Waals surface area contributed by atoms with Crippen molar-refractivity contribution in [3.63, 3.8) is 0 Å². The molecule has 3 heteroatoms. The van der Waals surface area contributed by atoms with E-state index in [-0.39, 0.29) is 0 Å². The number of hydrogen-bond donors (Lipinski definition) is 1. The Bertz CT molecular complexity index is 446. The van der Waals surface area contributed by atoms with Crippen LogP contribution in [0.3, 0.4) is 0 Å². The summed E-state index contributed by atoms with van der Waals surface area (Å²) in [5, 5.41) is 3.47. The predicted molar refractivity (Wildman–Crippen MR) is 61.5 cm³/mol. The third-order valence-electron chi connectivity index (χ3n) is 2.09. The molecule has 0 bridgehead atoms. The van der Waals surface area contributed by atoms with Crippen LogP contribution in [0.4, 0.5) is 0 Å². The Hall–Kier alpha value is -2.16. The maximum Gasteiger partial charge on any atom is 0.0701 e. The molecule has 0 atom stereocenters. The smallest absolute Gasteiger partial charge is 0.0701 e. The molecule has 0 aliphatic heterocycles. The molecule has 2 rings (SSSR count). The Balaban J connectivity index is 2.32. The van der Waals surface area contributed by atoms with Crippen molar-refractivity contribution in [2.75, 3.05) is 0 Å². The van der Waals surface area contributed by atoms with E-state index in [1.165, 1.54) is 0 Å². The highest BCUT2D eigenvalue weighted by Gasteiger charge is 1.96. The van der Waals surface area contributed by atoms with Crippen LogP contribution in [0, 0.1) is 0 Å². The lowest BCUT2D eigenvalue weighted by Gasteiger charge is -2.00. The maximum absolute atomic E-state index is 5.07. The van der Waals surface area contributed by atoms with Crippen molar-refractivity contribution in [1.29, 1.82) is 0 Å². The van der Waals surface area contributed by atoms with E-state index in [0.29, 0.717) is 0 Å². The summed E-state index contributed by atoms with van der Waals surface area (Å²) in [4.78, 5) is 4.27. The number of hydrogen-bond acceptors (Lipinski definition) is 3. The van der Waals surface area contributed by atoms with Gasteiger partial charge in [-0.2, -0.15) is 5.10 Å². The molecule has 74 valence electrons. The second kappa shape index (κ2) is 4.37. The first-order chi connectivity index (χ1) is 7.40. The van der Waals surface area contributed by atoms with Gasteiger partial charge in [-0.25, -0.2) is 0 Å². The monoisotopic (exact) mass is 197 g/mol. The van der Waals surface area contributed by atoms with E-state index in [9.17, 15) is 0 Å². The Labute approximate surface area is 88.3 Å². The van der Waals surface area contributed by atoms with Crippen LogP contribution in [-0.4, -0.2) is 11.2 Å². The molecule has 3 nitrogen and oxygen atoms in total. The molecule has 1 aromatic carbocycles. The summed E-state index contributed by atoms with van der Waals surface area (Å²) < 4.78 is 0. The van der Waals surface area contributed by atoms with Gasteiger partial charge in [0.15, 0.2) is 0 Å². The van der Waals surface area contributed by atoms with E-state index >= 15 is 0 Å². The van der Waals surface area contributed by atoms with Crippen LogP contribution < -0.4 is 5.84 Å². The summed E-state index contributed by atoms with van der Waals surface area (Å²) in [5.74, 6) is 5.07. The molecule has 0 radical (unpaired) electrons. The van der Waals surface area contributed by atoms with Crippen molar-refractivity contribution in [3.8, 4) is 11.3 Å². The van der Waals surface area contributed by atoms with Crippen molar-refractivity contribution in [2.24, 2.45) is 10.9 Å². The molecule has 0 saturated carbocycles. The molecule has 15 heavy (non-hydrogen) atoms. The molecule has 0 saturated heterocycles. The second-order valence-corrected chi connectivity index (χ2v) is 3.12. The average Bonchev–Trinajstić information content (AvgIpc) is 2.32. The number of benzene rings is 1. The minimum Gasteiger partial charge on any atom is -0.323 e. The fourth-order valence-corrected chi connectivity index (χ4v) is 1.36. The first-order valence-corrected chi connectivity index (χ1v) is 4.65. The molecule has 1 heterocycles. The molecule has 0 aliphatic carbocycles. The number of nitrogens with zero attached hydrogens (tertiary/aromatic N) is 2. The van der Waals surface area contributed by atoms with E-state index in [1.807, 2.05) is 42.5 Å². The number of aromatic nitrogens is 1. The number of pyridine rings is 1. The third-order valence-corrected chi connectivity index (χ3v) is 2.09. The molecule has 0 unspecified atom stereocenters. The van der Waals surface area contributed by atoms with Gasteiger partial charge in [0.1, 0.15) is 0 Å². The highest BCUT2D eigenvalue weighted by Crippen LogP contribution is 2.15. The lowest BCUT2D eigenvalue weighted by molar-refractivity contribution is 1.26. The van der Waals surface area contributed by atoms with E-state index < -0.39 is 0 Å². The first-order valence-electron chi connectivity index (χ1n) is 4.65. The van der Waals surface area contributed by atoms with E-state index in [1.54, 1.807) is 12.4 Å². The maximum atomic E-state index is 5.07. The van der Waals surface area contributed by atoms with Crippen molar-refractivity contribution < 1.29 is 0 Å². The average molecular weight is 197 g/mol. The summed E-state index contributed by atoms with van der Waals surface area (Å²) in [6.07, 6.45) is 3.40. The first kappa shape index (κ1) is 9.40. The third kappa shape index (κ3) is 2.20. The van der Waals surface area contributed by atoms with E-state index in [4.69, 9.17) is 5.84 Å². The molecule has 0 aliphatic rings. The summed E-state index contributed by atoms with van der Waals surface area (Å²) in [7, 11) is 0. The van der Waals surface area contributed by atoms with Crippen LogP contribution in [-0.2, 0) is 0 Å². The minimum absolute atomic E-state index is 0.966. The van der Waals surface area contributed by atoms with Crippen molar-refractivity contribution in [3.05, 3.63) is 54.2 Å². The SMILES string of the molecule is N/N=C\c1ccc(-c2ccccn2)cc1. The van der Waals surface area contributed by atoms with Gasteiger partial charge in [0, 0.05) is 11.8 Å². The lowest BCUT2D eigenvalue weighted by atomic mass is 10.1. The molecular formula is C12H11N3. The van der Waals surface area contributed by atoms with Gasteiger partial charge in [0.05, 0.1) is 11.9 Å². The fraction of sp³-hybridized carbons (Fsp3) is 0. The Kier molecular flexibility index (Phi) is 2.74. The second-order valence-electron chi connectivity index (χ2n) is 3.12. The van der Waals surface area contributed by atoms with Gasteiger partial charge in [0.25, 0.3) is 0 Å². The summed E-state index contributed by atoms with van der Waals surface area (Å²) >= 11 is 0.